The summed E-state index contributed by atoms with van der Waals surface area (Å²) in [4.78, 5) is 13.1. The number of carbonyl (C=O) groups is 1. The fourth-order valence-electron chi connectivity index (χ4n) is 3.89. The van der Waals surface area contributed by atoms with Crippen LogP contribution in [0.25, 0.3) is 0 Å². The quantitative estimate of drug-likeness (QED) is 0.741. The third-order valence-corrected chi connectivity index (χ3v) is 5.96. The smallest absolute Gasteiger partial charge is 0.233 e. The van der Waals surface area contributed by atoms with Gasteiger partial charge in [-0.3, -0.25) is 4.79 Å². The van der Waals surface area contributed by atoms with Crippen molar-refractivity contribution in [3.05, 3.63) is 0 Å². The number of nitrogens with one attached hydrogen (secondary N) is 1. The van der Waals surface area contributed by atoms with E-state index in [1.807, 2.05) is 0 Å². The van der Waals surface area contributed by atoms with Crippen molar-refractivity contribution in [2.24, 2.45) is 28.9 Å². The Hall–Kier alpha value is -0.640. The van der Waals surface area contributed by atoms with E-state index in [1.54, 1.807) is 0 Å². The Labute approximate surface area is 127 Å². The third kappa shape index (κ3) is 2.85. The lowest BCUT2D eigenvalue weighted by Gasteiger charge is -2.35. The van der Waals surface area contributed by atoms with Gasteiger partial charge in [-0.05, 0) is 56.3 Å². The van der Waals surface area contributed by atoms with Gasteiger partial charge in [-0.1, -0.05) is 31.5 Å². The van der Waals surface area contributed by atoms with Crippen LogP contribution in [0.2, 0.25) is 0 Å². The molecule has 0 aromatic rings. The van der Waals surface area contributed by atoms with E-state index in [0.29, 0.717) is 10.9 Å². The number of rotatable bonds is 6. The van der Waals surface area contributed by atoms with E-state index in [0.717, 1.165) is 44.1 Å². The zero-order valence-electron chi connectivity index (χ0n) is 12.2. The molecule has 3 aliphatic rings. The maximum Gasteiger partial charge on any atom is 0.233 e. The second-order valence-electron chi connectivity index (χ2n) is 7.06. The van der Waals surface area contributed by atoms with Crippen LogP contribution in [0.15, 0.2) is 0 Å². The molecule has 3 N–H and O–H groups in total. The van der Waals surface area contributed by atoms with Crippen LogP contribution in [-0.2, 0) is 4.79 Å². The van der Waals surface area contributed by atoms with E-state index < -0.39 is 5.41 Å². The molecular formula is C16H26N2OS. The van der Waals surface area contributed by atoms with E-state index in [4.69, 9.17) is 18.0 Å². The molecule has 1 amide bonds. The minimum absolute atomic E-state index is 0.107. The van der Waals surface area contributed by atoms with Gasteiger partial charge in [-0.15, -0.1) is 0 Å². The molecule has 0 unspecified atom stereocenters. The first kappa shape index (κ1) is 14.3. The summed E-state index contributed by atoms with van der Waals surface area (Å²) in [6.07, 6.45) is 10.4. The SMILES string of the molecule is NC(=S)C1(C(=O)NCC(C2CC2)C2CC2)CCCCC1. The van der Waals surface area contributed by atoms with E-state index in [9.17, 15) is 4.79 Å². The van der Waals surface area contributed by atoms with Crippen LogP contribution in [0.5, 0.6) is 0 Å². The van der Waals surface area contributed by atoms with Gasteiger partial charge in [0.1, 0.15) is 0 Å². The van der Waals surface area contributed by atoms with Gasteiger partial charge in [0.2, 0.25) is 5.91 Å². The Balaban J connectivity index is 1.60. The minimum Gasteiger partial charge on any atom is -0.392 e. The molecule has 0 atom stereocenters. The number of amides is 1. The van der Waals surface area contributed by atoms with Crippen LogP contribution in [0.4, 0.5) is 0 Å². The normalized spacial score (nSPS) is 25.4. The molecule has 3 rings (SSSR count). The molecule has 3 fully saturated rings. The average Bonchev–Trinajstić information content (AvgIpc) is 3.32. The monoisotopic (exact) mass is 294 g/mol. The summed E-state index contributed by atoms with van der Waals surface area (Å²) >= 11 is 5.23. The standard InChI is InChI=1S/C16H26N2OS/c17-14(20)16(8-2-1-3-9-16)15(19)18-10-13(11-4-5-11)12-6-7-12/h11-13H,1-10H2,(H2,17,20)(H,18,19). The van der Waals surface area contributed by atoms with Gasteiger partial charge in [-0.25, -0.2) is 0 Å². The van der Waals surface area contributed by atoms with Gasteiger partial charge >= 0.3 is 0 Å². The van der Waals surface area contributed by atoms with Crippen molar-refractivity contribution in [1.82, 2.24) is 5.32 Å². The highest BCUT2D eigenvalue weighted by molar-refractivity contribution is 7.80. The minimum atomic E-state index is -0.550. The van der Waals surface area contributed by atoms with E-state index in [1.165, 1.54) is 32.1 Å². The summed E-state index contributed by atoms with van der Waals surface area (Å²) in [5, 5.41) is 3.21. The summed E-state index contributed by atoms with van der Waals surface area (Å²) in [6.45, 7) is 0.846. The Morgan fingerprint density at radius 2 is 1.70 bits per heavy atom. The zero-order chi connectivity index (χ0) is 14.2. The molecule has 3 nitrogen and oxygen atoms in total. The van der Waals surface area contributed by atoms with Gasteiger partial charge in [0.15, 0.2) is 0 Å². The Morgan fingerprint density at radius 1 is 1.15 bits per heavy atom. The van der Waals surface area contributed by atoms with Crippen molar-refractivity contribution in [2.45, 2.75) is 57.8 Å². The highest BCUT2D eigenvalue weighted by Gasteiger charge is 2.45. The van der Waals surface area contributed by atoms with Crippen molar-refractivity contribution in [3.8, 4) is 0 Å². The van der Waals surface area contributed by atoms with Crippen LogP contribution in [-0.4, -0.2) is 17.4 Å². The lowest BCUT2D eigenvalue weighted by atomic mass is 9.73. The molecule has 20 heavy (non-hydrogen) atoms. The van der Waals surface area contributed by atoms with Crippen molar-refractivity contribution in [3.63, 3.8) is 0 Å². The first-order valence-electron chi connectivity index (χ1n) is 8.22. The lowest BCUT2D eigenvalue weighted by Crippen LogP contribution is -2.51. The second kappa shape index (κ2) is 5.63. The summed E-state index contributed by atoms with van der Waals surface area (Å²) in [6, 6.07) is 0. The molecule has 4 heteroatoms. The number of hydrogen-bond donors (Lipinski definition) is 2. The Bertz CT molecular complexity index is 383. The largest absolute Gasteiger partial charge is 0.392 e. The molecule has 0 heterocycles. The Kier molecular flexibility index (Phi) is 4.02. The van der Waals surface area contributed by atoms with Crippen molar-refractivity contribution in [1.29, 1.82) is 0 Å². The van der Waals surface area contributed by atoms with Crippen LogP contribution < -0.4 is 11.1 Å². The fraction of sp³-hybridized carbons (Fsp3) is 0.875. The van der Waals surface area contributed by atoms with Gasteiger partial charge in [0, 0.05) is 6.54 Å². The molecule has 0 saturated heterocycles. The molecule has 0 bridgehead atoms. The first-order valence-corrected chi connectivity index (χ1v) is 8.62. The summed E-state index contributed by atoms with van der Waals surface area (Å²) in [5.74, 6) is 2.56. The Morgan fingerprint density at radius 3 is 2.15 bits per heavy atom. The number of thiocarbonyl (C=S) groups is 1. The van der Waals surface area contributed by atoms with E-state index >= 15 is 0 Å². The number of nitrogens with two attached hydrogens (primary N) is 1. The zero-order valence-corrected chi connectivity index (χ0v) is 13.0. The summed E-state index contributed by atoms with van der Waals surface area (Å²) in [7, 11) is 0. The topological polar surface area (TPSA) is 55.1 Å². The number of hydrogen-bond acceptors (Lipinski definition) is 2. The van der Waals surface area contributed by atoms with Crippen LogP contribution in [0, 0.1) is 23.2 Å². The molecular weight excluding hydrogens is 268 g/mol. The van der Waals surface area contributed by atoms with Gasteiger partial charge < -0.3 is 11.1 Å². The van der Waals surface area contributed by atoms with Crippen LogP contribution in [0.3, 0.4) is 0 Å². The van der Waals surface area contributed by atoms with Crippen molar-refractivity contribution < 1.29 is 4.79 Å². The van der Waals surface area contributed by atoms with Gasteiger partial charge in [-0.2, -0.15) is 0 Å². The average molecular weight is 294 g/mol. The first-order chi connectivity index (χ1) is 9.63. The second-order valence-corrected chi connectivity index (χ2v) is 7.50. The van der Waals surface area contributed by atoms with Crippen LogP contribution >= 0.6 is 12.2 Å². The molecule has 0 aliphatic heterocycles. The predicted molar refractivity (Wildman–Crippen MR) is 84.3 cm³/mol. The van der Waals surface area contributed by atoms with E-state index in [2.05, 4.69) is 5.32 Å². The van der Waals surface area contributed by atoms with Crippen LogP contribution in [0.1, 0.15) is 57.8 Å². The summed E-state index contributed by atoms with van der Waals surface area (Å²) in [5.41, 5.74) is 5.37. The summed E-state index contributed by atoms with van der Waals surface area (Å²) < 4.78 is 0. The van der Waals surface area contributed by atoms with Crippen molar-refractivity contribution in [2.75, 3.05) is 6.54 Å². The molecule has 3 aliphatic carbocycles. The highest BCUT2D eigenvalue weighted by atomic mass is 32.1. The maximum atomic E-state index is 12.7. The van der Waals surface area contributed by atoms with Gasteiger partial charge in [0.05, 0.1) is 10.4 Å². The maximum absolute atomic E-state index is 12.7. The number of carbonyl (C=O) groups excluding carboxylic acids is 1. The fourth-order valence-corrected chi connectivity index (χ4v) is 4.18. The third-order valence-electron chi connectivity index (χ3n) is 5.57. The molecule has 0 radical (unpaired) electrons. The predicted octanol–water partition coefficient (Wildman–Crippen LogP) is 2.78. The lowest BCUT2D eigenvalue weighted by molar-refractivity contribution is -0.129. The highest BCUT2D eigenvalue weighted by Crippen LogP contribution is 2.49. The molecule has 0 aromatic carbocycles. The van der Waals surface area contributed by atoms with E-state index in [-0.39, 0.29) is 5.91 Å². The van der Waals surface area contributed by atoms with Crippen molar-refractivity contribution >= 4 is 23.1 Å². The molecule has 0 aromatic heterocycles. The van der Waals surface area contributed by atoms with Gasteiger partial charge in [0.25, 0.3) is 0 Å². The molecule has 3 saturated carbocycles. The molecule has 0 spiro atoms. The molecule has 112 valence electrons.